The van der Waals surface area contributed by atoms with Crippen molar-refractivity contribution in [3.63, 3.8) is 0 Å². The zero-order chi connectivity index (χ0) is 22.2. The molecule has 0 aliphatic carbocycles. The number of hydrogen-bond acceptors (Lipinski definition) is 5. The monoisotopic (exact) mass is 424 g/mol. The van der Waals surface area contributed by atoms with Crippen LogP contribution in [0.5, 0.6) is 5.75 Å². The van der Waals surface area contributed by atoms with Gasteiger partial charge in [-0.05, 0) is 48.9 Å². The first-order chi connectivity index (χ1) is 15.5. The van der Waals surface area contributed by atoms with Crippen LogP contribution in [0.4, 0.5) is 11.4 Å². The molecule has 158 valence electrons. The minimum absolute atomic E-state index is 0.0493. The molecule has 2 heterocycles. The Kier molecular flexibility index (Phi) is 4.75. The Bertz CT molecular complexity index is 1440. The van der Waals surface area contributed by atoms with Gasteiger partial charge in [-0.15, -0.1) is 0 Å². The molecule has 32 heavy (non-hydrogen) atoms. The van der Waals surface area contributed by atoms with Crippen molar-refractivity contribution in [1.82, 2.24) is 0 Å². The fraction of sp³-hybridized carbons (Fsp3) is 0.0769. The lowest BCUT2D eigenvalue weighted by atomic mass is 9.80. The highest BCUT2D eigenvalue weighted by atomic mass is 16.4. The molecule has 1 aliphatic heterocycles. The maximum absolute atomic E-state index is 13.4. The molecular weight excluding hydrogens is 404 g/mol. The zero-order valence-electron chi connectivity index (χ0n) is 17.3. The van der Waals surface area contributed by atoms with Crippen LogP contribution in [0.2, 0.25) is 0 Å². The number of carbonyl (C=O) groups excluding carboxylic acids is 1. The third kappa shape index (κ3) is 3.32. The Labute approximate surface area is 183 Å². The molecule has 5 rings (SSSR count). The number of para-hydroxylation sites is 2. The first-order valence-electron chi connectivity index (χ1n) is 10.2. The maximum Gasteiger partial charge on any atom is 0.342 e. The van der Waals surface area contributed by atoms with E-state index in [9.17, 15) is 14.7 Å². The van der Waals surface area contributed by atoms with E-state index in [-0.39, 0.29) is 11.7 Å². The number of amides is 1. The largest absolute Gasteiger partial charge is 0.508 e. The molecule has 0 bridgehead atoms. The quantitative estimate of drug-likeness (QED) is 0.404. The SMILES string of the molecule is CC1=C(C(=O)Nc2ccccc2)C(c2cccc(O)c2)c2c(c3ccccc3oc2=O)N1. The fourth-order valence-electron chi connectivity index (χ4n) is 4.24. The molecule has 0 saturated heterocycles. The predicted octanol–water partition coefficient (Wildman–Crippen LogP) is 4.97. The summed E-state index contributed by atoms with van der Waals surface area (Å²) in [6.45, 7) is 1.81. The third-order valence-electron chi connectivity index (χ3n) is 5.62. The second-order valence-corrected chi connectivity index (χ2v) is 7.69. The summed E-state index contributed by atoms with van der Waals surface area (Å²) in [6.07, 6.45) is 0. The van der Waals surface area contributed by atoms with Crippen LogP contribution < -0.4 is 16.3 Å². The van der Waals surface area contributed by atoms with Gasteiger partial charge in [0.25, 0.3) is 5.91 Å². The summed E-state index contributed by atoms with van der Waals surface area (Å²) in [5, 5.41) is 17.1. The highest BCUT2D eigenvalue weighted by molar-refractivity contribution is 6.08. The highest BCUT2D eigenvalue weighted by Gasteiger charge is 2.36. The van der Waals surface area contributed by atoms with Crippen LogP contribution in [-0.2, 0) is 4.79 Å². The Morgan fingerprint density at radius 2 is 1.75 bits per heavy atom. The van der Waals surface area contributed by atoms with E-state index in [2.05, 4.69) is 10.6 Å². The predicted molar refractivity (Wildman–Crippen MR) is 124 cm³/mol. The number of phenolic OH excluding ortho intramolecular Hbond substituents is 1. The number of carbonyl (C=O) groups is 1. The van der Waals surface area contributed by atoms with Crippen molar-refractivity contribution in [3.8, 4) is 5.75 Å². The van der Waals surface area contributed by atoms with E-state index in [4.69, 9.17) is 4.42 Å². The topological polar surface area (TPSA) is 91.6 Å². The number of fused-ring (bicyclic) bond motifs is 3. The van der Waals surface area contributed by atoms with Gasteiger partial charge in [0, 0.05) is 22.3 Å². The summed E-state index contributed by atoms with van der Waals surface area (Å²) in [5.41, 5.74) is 3.14. The average Bonchev–Trinajstić information content (AvgIpc) is 2.79. The molecule has 3 N–H and O–H groups in total. The maximum atomic E-state index is 13.4. The molecule has 3 aromatic carbocycles. The zero-order valence-corrected chi connectivity index (χ0v) is 17.3. The number of hydrogen-bond donors (Lipinski definition) is 3. The van der Waals surface area contributed by atoms with E-state index in [0.29, 0.717) is 39.4 Å². The second kappa shape index (κ2) is 7.74. The van der Waals surface area contributed by atoms with Gasteiger partial charge in [-0.3, -0.25) is 4.79 Å². The van der Waals surface area contributed by atoms with Gasteiger partial charge in [-0.25, -0.2) is 4.79 Å². The number of anilines is 2. The van der Waals surface area contributed by atoms with Crippen molar-refractivity contribution in [1.29, 1.82) is 0 Å². The smallest absolute Gasteiger partial charge is 0.342 e. The molecule has 1 unspecified atom stereocenters. The van der Waals surface area contributed by atoms with Gasteiger partial charge in [0.15, 0.2) is 0 Å². The molecule has 0 fully saturated rings. The van der Waals surface area contributed by atoms with Gasteiger partial charge < -0.3 is 20.2 Å². The van der Waals surface area contributed by atoms with Crippen molar-refractivity contribution < 1.29 is 14.3 Å². The van der Waals surface area contributed by atoms with E-state index in [1.165, 1.54) is 0 Å². The van der Waals surface area contributed by atoms with Crippen molar-refractivity contribution in [2.45, 2.75) is 12.8 Å². The molecule has 6 heteroatoms. The average molecular weight is 424 g/mol. The standard InChI is InChI=1S/C26H20N2O4/c1-15-21(25(30)28-17-9-3-2-4-10-17)22(16-8-7-11-18(29)14-16)23-24(27-15)19-12-5-6-13-20(19)32-26(23)31/h2-14,22,27,29H,1H3,(H,28,30). The van der Waals surface area contributed by atoms with Crippen LogP contribution in [-0.4, -0.2) is 11.0 Å². The summed E-state index contributed by atoms with van der Waals surface area (Å²) >= 11 is 0. The molecule has 1 aromatic heterocycles. The third-order valence-corrected chi connectivity index (χ3v) is 5.62. The lowest BCUT2D eigenvalue weighted by molar-refractivity contribution is -0.113. The van der Waals surface area contributed by atoms with Gasteiger partial charge in [0.1, 0.15) is 11.3 Å². The normalized spacial score (nSPS) is 15.2. The number of benzene rings is 3. The van der Waals surface area contributed by atoms with E-state index in [1.54, 1.807) is 48.5 Å². The highest BCUT2D eigenvalue weighted by Crippen LogP contribution is 2.43. The molecule has 0 spiro atoms. The molecule has 1 atom stereocenters. The van der Waals surface area contributed by atoms with Crippen LogP contribution in [0.15, 0.2) is 99.3 Å². The van der Waals surface area contributed by atoms with Crippen LogP contribution in [0.1, 0.15) is 24.0 Å². The summed E-state index contributed by atoms with van der Waals surface area (Å²) < 4.78 is 5.61. The lowest BCUT2D eigenvalue weighted by Crippen LogP contribution is -2.30. The Balaban J connectivity index is 1.74. The molecule has 6 nitrogen and oxygen atoms in total. The van der Waals surface area contributed by atoms with Crippen molar-refractivity contribution in [3.05, 3.63) is 112 Å². The van der Waals surface area contributed by atoms with E-state index in [1.807, 2.05) is 37.3 Å². The molecule has 0 radical (unpaired) electrons. The molecule has 4 aromatic rings. The minimum atomic E-state index is -0.720. The number of nitrogens with one attached hydrogen (secondary N) is 2. The van der Waals surface area contributed by atoms with Crippen molar-refractivity contribution in [2.24, 2.45) is 0 Å². The van der Waals surface area contributed by atoms with Gasteiger partial charge in [0.2, 0.25) is 0 Å². The van der Waals surface area contributed by atoms with Crippen LogP contribution in [0.3, 0.4) is 0 Å². The first kappa shape index (κ1) is 19.6. The Hall–Kier alpha value is -4.32. The van der Waals surface area contributed by atoms with Crippen LogP contribution >= 0.6 is 0 Å². The van der Waals surface area contributed by atoms with Gasteiger partial charge in [-0.1, -0.05) is 42.5 Å². The van der Waals surface area contributed by atoms with Gasteiger partial charge in [0.05, 0.1) is 17.2 Å². The van der Waals surface area contributed by atoms with Crippen LogP contribution in [0.25, 0.3) is 11.0 Å². The number of aromatic hydroxyl groups is 1. The second-order valence-electron chi connectivity index (χ2n) is 7.69. The van der Waals surface area contributed by atoms with Gasteiger partial charge in [-0.2, -0.15) is 0 Å². The Morgan fingerprint density at radius 3 is 2.53 bits per heavy atom. The molecule has 0 saturated carbocycles. The summed E-state index contributed by atoms with van der Waals surface area (Å²) in [6, 6.07) is 23.0. The van der Waals surface area contributed by atoms with Gasteiger partial charge >= 0.3 is 5.63 Å². The van der Waals surface area contributed by atoms with E-state index < -0.39 is 11.5 Å². The van der Waals surface area contributed by atoms with Crippen molar-refractivity contribution in [2.75, 3.05) is 10.6 Å². The Morgan fingerprint density at radius 1 is 1.00 bits per heavy atom. The summed E-state index contributed by atoms with van der Waals surface area (Å²) in [7, 11) is 0. The number of phenols is 1. The minimum Gasteiger partial charge on any atom is -0.508 e. The summed E-state index contributed by atoms with van der Waals surface area (Å²) in [5.74, 6) is -1.01. The first-order valence-corrected chi connectivity index (χ1v) is 10.2. The van der Waals surface area contributed by atoms with Crippen molar-refractivity contribution >= 4 is 28.3 Å². The fourth-order valence-corrected chi connectivity index (χ4v) is 4.24. The van der Waals surface area contributed by atoms with E-state index >= 15 is 0 Å². The molecule has 1 aliphatic rings. The van der Waals surface area contributed by atoms with E-state index in [0.717, 1.165) is 5.39 Å². The molecule has 1 amide bonds. The molecular formula is C26H20N2O4. The number of allylic oxidation sites excluding steroid dienone is 1. The lowest BCUT2D eigenvalue weighted by Gasteiger charge is -2.30. The summed E-state index contributed by atoms with van der Waals surface area (Å²) in [4.78, 5) is 26.6. The van der Waals surface area contributed by atoms with Crippen LogP contribution in [0, 0.1) is 0 Å². The number of rotatable bonds is 3.